The van der Waals surface area contributed by atoms with Crippen LogP contribution < -0.4 is 98.3 Å². The van der Waals surface area contributed by atoms with Crippen LogP contribution in [0, 0.1) is 0 Å². The van der Waals surface area contributed by atoms with Gasteiger partial charge in [0.2, 0.25) is 0 Å². The topological polar surface area (TPSA) is 91.3 Å². The van der Waals surface area contributed by atoms with Gasteiger partial charge in [0.15, 0.2) is 28.6 Å². The summed E-state index contributed by atoms with van der Waals surface area (Å²) in [5.74, 6) is 0.0718. The van der Waals surface area contributed by atoms with Crippen molar-refractivity contribution < 1.29 is 52.9 Å². The van der Waals surface area contributed by atoms with Crippen molar-refractivity contribution in [2.45, 2.75) is 0 Å². The molecule has 0 aliphatic carbocycles. The van der Waals surface area contributed by atoms with Gasteiger partial charge in [0.05, 0.1) is 0 Å². The zero-order valence-electron chi connectivity index (χ0n) is 41.9. The third-order valence-electron chi connectivity index (χ3n) is 12.8. The van der Waals surface area contributed by atoms with Gasteiger partial charge in [0.1, 0.15) is 0 Å². The van der Waals surface area contributed by atoms with Gasteiger partial charge in [0, 0.05) is 63.7 Å². The van der Waals surface area contributed by atoms with Crippen LogP contribution in [-0.2, 0) is 18.3 Å². The van der Waals surface area contributed by atoms with Crippen LogP contribution in [0.25, 0.3) is 0 Å². The zero-order chi connectivity index (χ0) is 52.0. The molecule has 0 unspecified atom stereocenters. The van der Waals surface area contributed by atoms with Crippen LogP contribution in [-0.4, -0.2) is 0 Å². The van der Waals surface area contributed by atoms with Crippen LogP contribution in [0.2, 0.25) is 0 Å². The van der Waals surface area contributed by atoms with Crippen molar-refractivity contribution in [3.63, 3.8) is 0 Å². The number of hydrogen-bond acceptors (Lipinski definition) is 5. The number of hydrogen-bond donors (Lipinski definition) is 0. The Hall–Kier alpha value is -6.86. The smallest absolute Gasteiger partial charge is 0.872 e. The van der Waals surface area contributed by atoms with E-state index in [0.717, 1.165) is 42.4 Å². The molecule has 0 saturated heterocycles. The molecule has 10 heteroatoms. The second-order valence-electron chi connectivity index (χ2n) is 17.4. The fourth-order valence-corrected chi connectivity index (χ4v) is 21.8. The zero-order valence-corrected chi connectivity index (χ0v) is 47.5. The molecule has 0 amide bonds. The molecule has 0 aliphatic rings. The van der Waals surface area contributed by atoms with Crippen molar-refractivity contribution in [1.29, 1.82) is 0 Å². The second-order valence-corrected chi connectivity index (χ2v) is 28.3. The molecular formula is C66H53NaO5P4. The summed E-state index contributed by atoms with van der Waals surface area (Å²) >= 11 is 0. The minimum Gasteiger partial charge on any atom is -0.872 e. The van der Waals surface area contributed by atoms with Gasteiger partial charge < -0.3 is 23.4 Å². The summed E-state index contributed by atoms with van der Waals surface area (Å²) in [5.41, 5.74) is 0. The van der Waals surface area contributed by atoms with Crippen molar-refractivity contribution >= 4 is 92.2 Å². The Bertz CT molecular complexity index is 3130. The van der Waals surface area contributed by atoms with E-state index in [0.29, 0.717) is 21.2 Å². The molecule has 76 heavy (non-hydrogen) atoms. The fraction of sp³-hybridized carbons (Fsp3) is 0. The Kier molecular flexibility index (Phi) is 18.8. The van der Waals surface area contributed by atoms with E-state index >= 15 is 18.3 Å². The average molecular weight is 1070 g/mol. The van der Waals surface area contributed by atoms with Gasteiger partial charge in [-0.25, -0.2) is 0 Å². The van der Waals surface area contributed by atoms with E-state index in [4.69, 9.17) is 0 Å². The molecule has 368 valence electrons. The van der Waals surface area contributed by atoms with E-state index in [2.05, 4.69) is 0 Å². The molecule has 0 bridgehead atoms. The van der Waals surface area contributed by atoms with Crippen LogP contribution in [0.5, 0.6) is 5.75 Å². The van der Waals surface area contributed by atoms with Gasteiger partial charge in [-0.15, -0.1) is 5.75 Å². The van der Waals surface area contributed by atoms with Gasteiger partial charge >= 0.3 is 29.6 Å². The summed E-state index contributed by atoms with van der Waals surface area (Å²) in [6, 6.07) is 99.7. The molecule has 0 fully saturated rings. The minimum atomic E-state index is -3.32. The summed E-state index contributed by atoms with van der Waals surface area (Å²) in [5, 5.41) is 18.5. The van der Waals surface area contributed by atoms with Crippen molar-refractivity contribution in [2.24, 2.45) is 0 Å². The maximum atomic E-state index is 15.2. The molecule has 11 rings (SSSR count). The van der Waals surface area contributed by atoms with E-state index in [1.165, 1.54) is 12.1 Å². The summed E-state index contributed by atoms with van der Waals surface area (Å²) < 4.78 is 60.9. The maximum Gasteiger partial charge on any atom is 1.00 e. The first-order valence-corrected chi connectivity index (χ1v) is 31.3. The summed E-state index contributed by atoms with van der Waals surface area (Å²) in [6.45, 7) is 0. The fourth-order valence-electron chi connectivity index (χ4n) is 9.23. The van der Waals surface area contributed by atoms with Crippen LogP contribution in [0.1, 0.15) is 0 Å². The average Bonchev–Trinajstić information content (AvgIpc) is 3.53. The molecule has 5 nitrogen and oxygen atoms in total. The van der Waals surface area contributed by atoms with E-state index in [-0.39, 0.29) is 35.3 Å². The molecule has 0 radical (unpaired) electrons. The summed E-state index contributed by atoms with van der Waals surface area (Å²) in [4.78, 5) is 0. The van der Waals surface area contributed by atoms with Crippen molar-refractivity contribution in [2.75, 3.05) is 0 Å². The first-order valence-electron chi connectivity index (χ1n) is 24.5. The monoisotopic (exact) mass is 1070 g/mol. The van der Waals surface area contributed by atoms with Crippen LogP contribution >= 0.6 is 28.6 Å². The number of benzene rings is 11. The normalized spacial score (nSPS) is 11.3. The van der Waals surface area contributed by atoms with E-state index in [1.54, 1.807) is 12.1 Å². The Morgan fingerprint density at radius 2 is 0.303 bits per heavy atom. The standard InChI is InChI=1S/2C30H24O2P2.C6H6O.Na/c2*31-33(25-15-5-1-6-16-25,26-17-7-2-8-18-26)29-23-13-14-24-30(29)34(32,27-19-9-3-10-20-27)28-21-11-4-12-22-28;7-6-4-2-1-3-5-6;/h2*1-24H;1-5,7H;/q;;;+1/p-1. The van der Waals surface area contributed by atoms with Crippen molar-refractivity contribution in [3.05, 3.63) is 322 Å². The predicted octanol–water partition coefficient (Wildman–Crippen LogP) is 7.70. The van der Waals surface area contributed by atoms with Gasteiger partial charge in [-0.2, -0.15) is 0 Å². The van der Waals surface area contributed by atoms with Crippen LogP contribution in [0.4, 0.5) is 0 Å². The summed E-state index contributed by atoms with van der Waals surface area (Å²) in [7, 11) is -13.3. The molecular weight excluding hydrogens is 1020 g/mol. The molecule has 0 saturated carbocycles. The third kappa shape index (κ3) is 11.6. The SMILES string of the molecule is O=P(c1ccccc1)(c1ccccc1)c1ccccc1P(=O)(c1ccccc1)c1ccccc1.O=P(c1ccccc1)(c1ccccc1)c1ccccc1P(=O)(c1ccccc1)c1ccccc1.[Na+].[O-]c1ccccc1. The van der Waals surface area contributed by atoms with Gasteiger partial charge in [0.25, 0.3) is 0 Å². The quantitative estimate of drug-likeness (QED) is 0.0926. The first kappa shape index (κ1) is 55.4. The Morgan fingerprint density at radius 1 is 0.184 bits per heavy atom. The van der Waals surface area contributed by atoms with Crippen molar-refractivity contribution in [3.8, 4) is 5.75 Å². The molecule has 0 aliphatic heterocycles. The van der Waals surface area contributed by atoms with E-state index in [1.807, 2.05) is 297 Å². The molecule has 0 heterocycles. The minimum absolute atomic E-state index is 0. The van der Waals surface area contributed by atoms with Gasteiger partial charge in [-0.1, -0.05) is 322 Å². The molecule has 0 N–H and O–H groups in total. The Balaban J connectivity index is 0.000000176. The number of para-hydroxylation sites is 1. The Morgan fingerprint density at radius 3 is 0.421 bits per heavy atom. The number of rotatable bonds is 12. The molecule has 0 atom stereocenters. The van der Waals surface area contributed by atoms with Crippen LogP contribution in [0.3, 0.4) is 0 Å². The first-order chi connectivity index (χ1) is 36.7. The molecule has 11 aromatic rings. The van der Waals surface area contributed by atoms with Crippen LogP contribution in [0.15, 0.2) is 322 Å². The van der Waals surface area contributed by atoms with E-state index < -0.39 is 28.6 Å². The molecule has 0 spiro atoms. The molecule has 11 aromatic carbocycles. The Labute approximate surface area is 468 Å². The maximum absolute atomic E-state index is 15.2. The van der Waals surface area contributed by atoms with Gasteiger partial charge in [-0.3, -0.25) is 0 Å². The summed E-state index contributed by atoms with van der Waals surface area (Å²) in [6.07, 6.45) is 0. The second kappa shape index (κ2) is 25.8. The van der Waals surface area contributed by atoms with Gasteiger partial charge in [-0.05, 0) is 0 Å². The third-order valence-corrected chi connectivity index (χ3v) is 25.7. The largest absolute Gasteiger partial charge is 1.00 e. The van der Waals surface area contributed by atoms with E-state index in [9.17, 15) is 5.11 Å². The predicted molar refractivity (Wildman–Crippen MR) is 316 cm³/mol. The molecule has 0 aromatic heterocycles. The van der Waals surface area contributed by atoms with Crippen molar-refractivity contribution in [1.82, 2.24) is 0 Å².